The second-order valence-corrected chi connectivity index (χ2v) is 6.03. The van der Waals surface area contributed by atoms with Crippen molar-refractivity contribution in [1.29, 1.82) is 0 Å². The number of hydrogen-bond acceptors (Lipinski definition) is 4. The SMILES string of the molecule is COc1ccc(C)cc1CSCCCN1C(=O)CNC1=O. The number of nitrogens with zero attached hydrogens (tertiary/aromatic N) is 1. The Hall–Kier alpha value is -1.69. The fourth-order valence-electron chi connectivity index (χ4n) is 2.21. The van der Waals surface area contributed by atoms with Crippen LogP contribution in [-0.4, -0.2) is 42.8 Å². The van der Waals surface area contributed by atoms with Crippen molar-refractivity contribution in [3.05, 3.63) is 29.3 Å². The second-order valence-electron chi connectivity index (χ2n) is 4.93. The van der Waals surface area contributed by atoms with Crippen molar-refractivity contribution in [2.24, 2.45) is 0 Å². The van der Waals surface area contributed by atoms with Crippen molar-refractivity contribution in [3.63, 3.8) is 0 Å². The van der Waals surface area contributed by atoms with Gasteiger partial charge in [0, 0.05) is 17.9 Å². The van der Waals surface area contributed by atoms with Gasteiger partial charge in [0.2, 0.25) is 5.91 Å². The van der Waals surface area contributed by atoms with Gasteiger partial charge in [0.1, 0.15) is 5.75 Å². The minimum atomic E-state index is -0.273. The quantitative estimate of drug-likeness (QED) is 0.619. The number of aryl methyl sites for hydroxylation is 1. The normalized spacial score (nSPS) is 14.5. The number of carbonyl (C=O) groups is 2. The number of imide groups is 1. The highest BCUT2D eigenvalue weighted by atomic mass is 32.2. The van der Waals surface area contributed by atoms with E-state index in [0.717, 1.165) is 23.7 Å². The van der Waals surface area contributed by atoms with Crippen LogP contribution in [0.1, 0.15) is 17.5 Å². The molecule has 1 aliphatic rings. The van der Waals surface area contributed by atoms with Crippen molar-refractivity contribution < 1.29 is 14.3 Å². The first-order chi connectivity index (χ1) is 10.1. The van der Waals surface area contributed by atoms with E-state index in [9.17, 15) is 9.59 Å². The van der Waals surface area contributed by atoms with Crippen molar-refractivity contribution in [2.45, 2.75) is 19.1 Å². The molecule has 3 amide bonds. The van der Waals surface area contributed by atoms with Crippen LogP contribution in [0.5, 0.6) is 5.75 Å². The van der Waals surface area contributed by atoms with Gasteiger partial charge in [-0.2, -0.15) is 11.8 Å². The van der Waals surface area contributed by atoms with E-state index in [1.165, 1.54) is 16.0 Å². The number of benzene rings is 1. The lowest BCUT2D eigenvalue weighted by atomic mass is 10.1. The van der Waals surface area contributed by atoms with Crippen molar-refractivity contribution >= 4 is 23.7 Å². The Morgan fingerprint density at radius 3 is 2.86 bits per heavy atom. The van der Waals surface area contributed by atoms with Crippen LogP contribution < -0.4 is 10.1 Å². The van der Waals surface area contributed by atoms with E-state index in [-0.39, 0.29) is 18.5 Å². The predicted molar refractivity (Wildman–Crippen MR) is 83.6 cm³/mol. The molecule has 1 heterocycles. The summed E-state index contributed by atoms with van der Waals surface area (Å²) in [6.07, 6.45) is 0.804. The van der Waals surface area contributed by atoms with Crippen LogP contribution in [0.25, 0.3) is 0 Å². The Bertz CT molecular complexity index is 518. The molecule has 1 aromatic rings. The third-order valence-electron chi connectivity index (χ3n) is 3.30. The standard InChI is InChI=1S/C15H20N2O3S/c1-11-4-5-13(20-2)12(8-11)10-21-7-3-6-17-14(18)9-16-15(17)19/h4-5,8H,3,6-7,9-10H2,1-2H3,(H,16,19). The molecule has 2 rings (SSSR count). The van der Waals surface area contributed by atoms with Gasteiger partial charge in [0.15, 0.2) is 0 Å². The van der Waals surface area contributed by atoms with Crippen LogP contribution in [-0.2, 0) is 10.5 Å². The first-order valence-corrected chi connectivity index (χ1v) is 8.06. The summed E-state index contributed by atoms with van der Waals surface area (Å²) in [4.78, 5) is 24.1. The molecule has 0 atom stereocenters. The third-order valence-corrected chi connectivity index (χ3v) is 4.39. The molecule has 0 bridgehead atoms. The van der Waals surface area contributed by atoms with Gasteiger partial charge < -0.3 is 10.1 Å². The molecule has 1 aromatic carbocycles. The number of methoxy groups -OCH3 is 1. The number of ether oxygens (including phenoxy) is 1. The van der Waals surface area contributed by atoms with Gasteiger partial charge in [0.25, 0.3) is 0 Å². The third kappa shape index (κ3) is 4.14. The molecular formula is C15H20N2O3S. The number of amides is 3. The monoisotopic (exact) mass is 308 g/mol. The largest absolute Gasteiger partial charge is 0.496 e. The van der Waals surface area contributed by atoms with E-state index in [1.807, 2.05) is 12.1 Å². The molecule has 0 radical (unpaired) electrons. The van der Waals surface area contributed by atoms with E-state index in [4.69, 9.17) is 4.74 Å². The molecule has 1 aliphatic heterocycles. The molecule has 0 aliphatic carbocycles. The molecule has 21 heavy (non-hydrogen) atoms. The Morgan fingerprint density at radius 1 is 1.38 bits per heavy atom. The van der Waals surface area contributed by atoms with Crippen LogP contribution >= 0.6 is 11.8 Å². The zero-order valence-corrected chi connectivity index (χ0v) is 13.2. The highest BCUT2D eigenvalue weighted by molar-refractivity contribution is 7.98. The summed E-state index contributed by atoms with van der Waals surface area (Å²) in [6, 6.07) is 5.87. The van der Waals surface area contributed by atoms with E-state index >= 15 is 0 Å². The van der Waals surface area contributed by atoms with Gasteiger partial charge in [-0.1, -0.05) is 17.7 Å². The van der Waals surface area contributed by atoms with Gasteiger partial charge in [-0.05, 0) is 25.2 Å². The average Bonchev–Trinajstić information content (AvgIpc) is 2.78. The molecule has 1 fully saturated rings. The molecular weight excluding hydrogens is 288 g/mol. The Kier molecular flexibility index (Phi) is 5.50. The Labute approximate surface area is 129 Å². The number of rotatable bonds is 7. The van der Waals surface area contributed by atoms with Crippen LogP contribution in [0, 0.1) is 6.92 Å². The lowest BCUT2D eigenvalue weighted by Crippen LogP contribution is -2.32. The fourth-order valence-corrected chi connectivity index (χ4v) is 3.13. The fraction of sp³-hybridized carbons (Fsp3) is 0.467. The summed E-state index contributed by atoms with van der Waals surface area (Å²) in [7, 11) is 1.68. The van der Waals surface area contributed by atoms with Gasteiger partial charge in [-0.25, -0.2) is 4.79 Å². The molecule has 0 unspecified atom stereocenters. The maximum Gasteiger partial charge on any atom is 0.324 e. The van der Waals surface area contributed by atoms with Gasteiger partial charge >= 0.3 is 6.03 Å². The Balaban J connectivity index is 1.74. The number of urea groups is 1. The van der Waals surface area contributed by atoms with Gasteiger partial charge in [0.05, 0.1) is 13.7 Å². The molecule has 114 valence electrons. The first-order valence-electron chi connectivity index (χ1n) is 6.91. The summed E-state index contributed by atoms with van der Waals surface area (Å²) in [6.45, 7) is 2.68. The van der Waals surface area contributed by atoms with E-state index in [2.05, 4.69) is 18.3 Å². The maximum atomic E-state index is 11.4. The summed E-state index contributed by atoms with van der Waals surface area (Å²) < 4.78 is 5.35. The Morgan fingerprint density at radius 2 is 2.19 bits per heavy atom. The topological polar surface area (TPSA) is 58.6 Å². The van der Waals surface area contributed by atoms with Crippen molar-refractivity contribution in [2.75, 3.05) is 26.0 Å². The predicted octanol–water partition coefficient (Wildman–Crippen LogP) is 2.18. The lowest BCUT2D eigenvalue weighted by Gasteiger charge is -2.12. The summed E-state index contributed by atoms with van der Waals surface area (Å²) >= 11 is 1.78. The molecule has 6 heteroatoms. The average molecular weight is 308 g/mol. The van der Waals surface area contributed by atoms with E-state index in [0.29, 0.717) is 6.54 Å². The first kappa shape index (κ1) is 15.7. The molecule has 0 saturated carbocycles. The summed E-state index contributed by atoms with van der Waals surface area (Å²) in [5.74, 6) is 2.53. The van der Waals surface area contributed by atoms with E-state index in [1.54, 1.807) is 18.9 Å². The molecule has 0 spiro atoms. The van der Waals surface area contributed by atoms with Crippen LogP contribution in [0.2, 0.25) is 0 Å². The summed E-state index contributed by atoms with van der Waals surface area (Å²) in [5, 5.41) is 2.52. The number of nitrogens with one attached hydrogen (secondary N) is 1. The molecule has 0 aromatic heterocycles. The molecule has 1 saturated heterocycles. The highest BCUT2D eigenvalue weighted by Gasteiger charge is 2.27. The van der Waals surface area contributed by atoms with E-state index < -0.39 is 0 Å². The van der Waals surface area contributed by atoms with Gasteiger partial charge in [-0.15, -0.1) is 0 Å². The summed E-state index contributed by atoms with van der Waals surface area (Å²) in [5.41, 5.74) is 2.39. The zero-order chi connectivity index (χ0) is 15.2. The lowest BCUT2D eigenvalue weighted by molar-refractivity contribution is -0.124. The van der Waals surface area contributed by atoms with Crippen molar-refractivity contribution in [1.82, 2.24) is 10.2 Å². The van der Waals surface area contributed by atoms with Crippen LogP contribution in [0.15, 0.2) is 18.2 Å². The van der Waals surface area contributed by atoms with Crippen molar-refractivity contribution in [3.8, 4) is 5.75 Å². The maximum absolute atomic E-state index is 11.4. The highest BCUT2D eigenvalue weighted by Crippen LogP contribution is 2.24. The van der Waals surface area contributed by atoms with Crippen LogP contribution in [0.3, 0.4) is 0 Å². The molecule has 5 nitrogen and oxygen atoms in total. The van der Waals surface area contributed by atoms with Crippen LogP contribution in [0.4, 0.5) is 4.79 Å². The minimum absolute atomic E-state index is 0.131. The zero-order valence-electron chi connectivity index (χ0n) is 12.3. The minimum Gasteiger partial charge on any atom is -0.496 e. The second kappa shape index (κ2) is 7.36. The number of thioether (sulfide) groups is 1. The number of hydrogen-bond donors (Lipinski definition) is 1. The number of carbonyl (C=O) groups excluding carboxylic acids is 2. The molecule has 1 N–H and O–H groups in total. The smallest absolute Gasteiger partial charge is 0.324 e. The van der Waals surface area contributed by atoms with Gasteiger partial charge in [-0.3, -0.25) is 9.69 Å².